The predicted molar refractivity (Wildman–Crippen MR) is 121 cm³/mol. The smallest absolute Gasteiger partial charge is 0.297 e. The van der Waals surface area contributed by atoms with Crippen LogP contribution in [0.4, 0.5) is 0 Å². The normalized spacial score (nSPS) is 11.2. The van der Waals surface area contributed by atoms with Crippen LogP contribution >= 0.6 is 34.5 Å². The largest absolute Gasteiger partial charge is 0.349 e. The molecule has 156 valence electrons. The number of nitriles is 1. The van der Waals surface area contributed by atoms with Crippen molar-refractivity contribution >= 4 is 44.8 Å². The maximum absolute atomic E-state index is 12.3. The van der Waals surface area contributed by atoms with E-state index in [0.29, 0.717) is 5.56 Å². The molecule has 8 nitrogen and oxygen atoms in total. The van der Waals surface area contributed by atoms with Gasteiger partial charge in [0.15, 0.2) is 0 Å². The third-order valence-electron chi connectivity index (χ3n) is 4.65. The van der Waals surface area contributed by atoms with Crippen molar-refractivity contribution in [2.75, 3.05) is 0 Å². The van der Waals surface area contributed by atoms with E-state index in [4.69, 9.17) is 28.5 Å². The number of nitrogens with zero attached hydrogens (tertiary/aromatic N) is 4. The lowest BCUT2D eigenvalue weighted by Gasteiger charge is -2.13. The minimum absolute atomic E-state index is 0.0245. The molecule has 4 rings (SSSR count). The minimum Gasteiger partial charge on any atom is -0.297 e. The molecule has 0 spiro atoms. The van der Waals surface area contributed by atoms with Gasteiger partial charge >= 0.3 is 5.69 Å². The van der Waals surface area contributed by atoms with Gasteiger partial charge in [-0.05, 0) is 32.0 Å². The molecule has 3 heterocycles. The van der Waals surface area contributed by atoms with Crippen LogP contribution in [0.1, 0.15) is 25.6 Å². The van der Waals surface area contributed by atoms with E-state index in [1.807, 2.05) is 24.2 Å². The molecule has 0 unspecified atom stereocenters. The number of benzene rings is 1. The van der Waals surface area contributed by atoms with E-state index in [2.05, 4.69) is 5.10 Å². The molecule has 1 aromatic carbocycles. The molecule has 3 aromatic heterocycles. The number of rotatable bonds is 3. The van der Waals surface area contributed by atoms with Gasteiger partial charge in [0, 0.05) is 34.0 Å². The van der Waals surface area contributed by atoms with Crippen molar-refractivity contribution in [3.8, 4) is 22.9 Å². The van der Waals surface area contributed by atoms with Crippen LogP contribution in [0.3, 0.4) is 0 Å². The Balaban J connectivity index is 1.94. The molecule has 0 fully saturated rings. The van der Waals surface area contributed by atoms with Crippen LogP contribution in [0.15, 0.2) is 44.0 Å². The zero-order valence-corrected chi connectivity index (χ0v) is 18.5. The summed E-state index contributed by atoms with van der Waals surface area (Å²) in [4.78, 5) is 38.9. The first-order valence-electron chi connectivity index (χ1n) is 8.99. The molecule has 0 bridgehead atoms. The number of nitrogens with one attached hydrogen (secondary N) is 1. The number of aromatic nitrogens is 4. The molecule has 1 N–H and O–H groups in total. The van der Waals surface area contributed by atoms with Gasteiger partial charge in [0.25, 0.3) is 11.1 Å². The zero-order valence-electron chi connectivity index (χ0n) is 16.1. The fourth-order valence-corrected chi connectivity index (χ4v) is 5.18. The molecule has 0 aliphatic carbocycles. The van der Waals surface area contributed by atoms with Crippen molar-refractivity contribution in [1.29, 1.82) is 5.26 Å². The van der Waals surface area contributed by atoms with Crippen LogP contribution in [-0.2, 0) is 0 Å². The number of hydrogen-bond donors (Lipinski definition) is 1. The second-order valence-electron chi connectivity index (χ2n) is 6.92. The van der Waals surface area contributed by atoms with Crippen LogP contribution in [0.2, 0.25) is 10.0 Å². The van der Waals surface area contributed by atoms with Gasteiger partial charge in [-0.1, -0.05) is 23.2 Å². The Morgan fingerprint density at radius 1 is 1.16 bits per heavy atom. The Labute approximate surface area is 188 Å². The van der Waals surface area contributed by atoms with Gasteiger partial charge in [-0.25, -0.2) is 4.79 Å². The van der Waals surface area contributed by atoms with E-state index in [1.165, 1.54) is 29.5 Å². The highest BCUT2D eigenvalue weighted by Gasteiger charge is 2.19. The Morgan fingerprint density at radius 3 is 2.45 bits per heavy atom. The molecule has 0 atom stereocenters. The summed E-state index contributed by atoms with van der Waals surface area (Å²) < 4.78 is 2.55. The van der Waals surface area contributed by atoms with E-state index in [1.54, 1.807) is 16.7 Å². The molecule has 0 aliphatic rings. The first-order chi connectivity index (χ1) is 14.7. The first kappa shape index (κ1) is 21.1. The number of thiophene rings is 1. The van der Waals surface area contributed by atoms with Crippen LogP contribution in [0.5, 0.6) is 0 Å². The molecule has 31 heavy (non-hydrogen) atoms. The molecular formula is C20H13Cl2N5O3S. The second kappa shape index (κ2) is 7.81. The van der Waals surface area contributed by atoms with Gasteiger partial charge in [-0.3, -0.25) is 19.1 Å². The Morgan fingerprint density at radius 2 is 1.84 bits per heavy atom. The summed E-state index contributed by atoms with van der Waals surface area (Å²) >= 11 is 14.5. The summed E-state index contributed by atoms with van der Waals surface area (Å²) in [6.07, 6.45) is 0. The van der Waals surface area contributed by atoms with Crippen LogP contribution in [0.25, 0.3) is 27.0 Å². The predicted octanol–water partition coefficient (Wildman–Crippen LogP) is 3.72. The van der Waals surface area contributed by atoms with Crippen molar-refractivity contribution in [3.63, 3.8) is 0 Å². The minimum atomic E-state index is -0.876. The van der Waals surface area contributed by atoms with E-state index < -0.39 is 16.9 Å². The molecule has 4 aromatic rings. The van der Waals surface area contributed by atoms with E-state index in [-0.39, 0.29) is 27.3 Å². The summed E-state index contributed by atoms with van der Waals surface area (Å²) in [5.41, 5.74) is -0.799. The highest BCUT2D eigenvalue weighted by Crippen LogP contribution is 2.42. The van der Waals surface area contributed by atoms with Crippen LogP contribution in [0, 0.1) is 11.3 Å². The van der Waals surface area contributed by atoms with Gasteiger partial charge in [0.05, 0.1) is 15.7 Å². The van der Waals surface area contributed by atoms with E-state index in [9.17, 15) is 14.4 Å². The monoisotopic (exact) mass is 473 g/mol. The number of aromatic amines is 1. The zero-order chi connectivity index (χ0) is 22.4. The molecule has 0 radical (unpaired) electrons. The number of H-pyrrole nitrogens is 1. The Bertz CT molecular complexity index is 1550. The van der Waals surface area contributed by atoms with Gasteiger partial charge in [0.1, 0.15) is 10.9 Å². The van der Waals surface area contributed by atoms with E-state index in [0.717, 1.165) is 20.5 Å². The number of pyridine rings is 1. The highest BCUT2D eigenvalue weighted by molar-refractivity contribution is 7.17. The summed E-state index contributed by atoms with van der Waals surface area (Å²) in [7, 11) is 0. The summed E-state index contributed by atoms with van der Waals surface area (Å²) in [5, 5.41) is 16.0. The number of halogens is 2. The third-order valence-corrected chi connectivity index (χ3v) is 6.24. The van der Waals surface area contributed by atoms with Crippen molar-refractivity contribution < 1.29 is 0 Å². The van der Waals surface area contributed by atoms with Crippen molar-refractivity contribution in [2.45, 2.75) is 19.9 Å². The van der Waals surface area contributed by atoms with E-state index >= 15 is 0 Å². The lowest BCUT2D eigenvalue weighted by atomic mass is 10.0. The summed E-state index contributed by atoms with van der Waals surface area (Å²) in [6.45, 7) is 3.86. The molecule has 0 aliphatic heterocycles. The average Bonchev–Trinajstić information content (AvgIpc) is 3.10. The fraction of sp³-hybridized carbons (Fsp3) is 0.150. The summed E-state index contributed by atoms with van der Waals surface area (Å²) in [6, 6.07) is 7.78. The third kappa shape index (κ3) is 3.49. The van der Waals surface area contributed by atoms with Gasteiger partial charge in [-0.15, -0.1) is 16.4 Å². The highest BCUT2D eigenvalue weighted by atomic mass is 35.5. The van der Waals surface area contributed by atoms with Crippen molar-refractivity contribution in [1.82, 2.24) is 19.3 Å². The van der Waals surface area contributed by atoms with Gasteiger partial charge in [-0.2, -0.15) is 9.94 Å². The average molecular weight is 474 g/mol. The maximum Gasteiger partial charge on any atom is 0.349 e. The quantitative estimate of drug-likeness (QED) is 0.486. The lowest BCUT2D eigenvalue weighted by molar-refractivity contribution is 0.604. The maximum atomic E-state index is 12.3. The van der Waals surface area contributed by atoms with Crippen molar-refractivity contribution in [3.05, 3.63) is 76.6 Å². The Hall–Kier alpha value is -3.19. The molecule has 0 amide bonds. The topological polar surface area (TPSA) is 114 Å². The number of fused-ring (bicyclic) bond motifs is 1. The van der Waals surface area contributed by atoms with Gasteiger partial charge in [0.2, 0.25) is 5.69 Å². The number of hydrogen-bond acceptors (Lipinski definition) is 6. The van der Waals surface area contributed by atoms with Crippen LogP contribution in [-0.4, -0.2) is 19.3 Å². The fourth-order valence-electron chi connectivity index (χ4n) is 3.31. The summed E-state index contributed by atoms with van der Waals surface area (Å²) in [5.74, 6) is 0. The standard InChI is InChI=1S/C20H13Cl2N5O3S/c1-9(2)26-16(28)4-3-11-12(8-31-19(11)26)17-13(21)5-10(6-14(17)22)27-20(30)24-18(29)15(7-23)25-27/h3-6,8-9H,1-2H3,(H,24,29,30). The first-order valence-corrected chi connectivity index (χ1v) is 10.6. The second-order valence-corrected chi connectivity index (χ2v) is 8.59. The Kier molecular flexibility index (Phi) is 5.31. The lowest BCUT2D eigenvalue weighted by Crippen LogP contribution is -2.33. The molecule has 0 saturated carbocycles. The SMILES string of the molecule is CC(C)n1c(=O)ccc2c(-c3c(Cl)cc(-n4nc(C#N)c(=O)[nH]c4=O)cc3Cl)csc21. The van der Waals surface area contributed by atoms with Crippen LogP contribution < -0.4 is 16.8 Å². The van der Waals surface area contributed by atoms with Gasteiger partial charge < -0.3 is 0 Å². The molecule has 0 saturated heterocycles. The van der Waals surface area contributed by atoms with Crippen molar-refractivity contribution in [2.24, 2.45) is 0 Å². The molecule has 11 heteroatoms. The molecular weight excluding hydrogens is 461 g/mol.